The number of carbonyl (C=O) groups is 1. The van der Waals surface area contributed by atoms with Crippen molar-refractivity contribution in [1.29, 1.82) is 0 Å². The number of nitrogens with zero attached hydrogens (tertiary/aromatic N) is 3. The summed E-state index contributed by atoms with van der Waals surface area (Å²) in [6, 6.07) is 18.9. The van der Waals surface area contributed by atoms with E-state index in [-0.39, 0.29) is 18.1 Å². The molecule has 4 rings (SSSR count). The van der Waals surface area contributed by atoms with Crippen molar-refractivity contribution in [3.05, 3.63) is 117 Å². The predicted molar refractivity (Wildman–Crippen MR) is 137 cm³/mol. The second-order valence-electron chi connectivity index (χ2n) is 8.58. The van der Waals surface area contributed by atoms with E-state index in [2.05, 4.69) is 10.4 Å². The van der Waals surface area contributed by atoms with Crippen molar-refractivity contribution in [1.82, 2.24) is 19.7 Å². The van der Waals surface area contributed by atoms with Crippen LogP contribution in [0.25, 0.3) is 0 Å². The van der Waals surface area contributed by atoms with Crippen LogP contribution in [-0.4, -0.2) is 34.5 Å². The van der Waals surface area contributed by atoms with Gasteiger partial charge in [-0.2, -0.15) is 5.10 Å². The van der Waals surface area contributed by atoms with Crippen LogP contribution in [0.15, 0.2) is 77.9 Å². The quantitative estimate of drug-likeness (QED) is 0.371. The minimum absolute atomic E-state index is 0.0313. The van der Waals surface area contributed by atoms with Gasteiger partial charge in [0.2, 0.25) is 0 Å². The number of pyridine rings is 1. The van der Waals surface area contributed by atoms with Gasteiger partial charge in [-0.25, -0.2) is 0 Å². The zero-order valence-corrected chi connectivity index (χ0v) is 20.7. The maximum Gasteiger partial charge on any atom is 0.255 e. The standard InChI is InChI=1S/C28H30N4O4/c1-20-7-12-24(36-3)14-23(20)15-29-28(34)25-18-32(30-26(25)19-35-2)17-22-10-8-21(9-11-22)16-31-13-5-4-6-27(31)33/h4-14,18H,15-17,19H2,1-3H3,(H,29,34). The summed E-state index contributed by atoms with van der Waals surface area (Å²) in [4.78, 5) is 25.0. The van der Waals surface area contributed by atoms with Gasteiger partial charge >= 0.3 is 0 Å². The van der Waals surface area contributed by atoms with Gasteiger partial charge in [0.25, 0.3) is 11.5 Å². The maximum atomic E-state index is 13.0. The van der Waals surface area contributed by atoms with Crippen molar-refractivity contribution in [3.63, 3.8) is 0 Å². The van der Waals surface area contributed by atoms with Gasteiger partial charge in [-0.1, -0.05) is 36.4 Å². The Morgan fingerprint density at radius 2 is 1.75 bits per heavy atom. The fourth-order valence-electron chi connectivity index (χ4n) is 3.94. The average Bonchev–Trinajstić information content (AvgIpc) is 3.28. The minimum Gasteiger partial charge on any atom is -0.497 e. The molecule has 0 aliphatic rings. The van der Waals surface area contributed by atoms with Crippen LogP contribution < -0.4 is 15.6 Å². The van der Waals surface area contributed by atoms with Crippen LogP contribution >= 0.6 is 0 Å². The second-order valence-corrected chi connectivity index (χ2v) is 8.58. The lowest BCUT2D eigenvalue weighted by molar-refractivity contribution is 0.0945. The molecule has 8 heteroatoms. The summed E-state index contributed by atoms with van der Waals surface area (Å²) in [6.07, 6.45) is 3.53. The first-order valence-electron chi connectivity index (χ1n) is 11.7. The van der Waals surface area contributed by atoms with Gasteiger partial charge in [0.05, 0.1) is 32.4 Å². The Labute approximate surface area is 210 Å². The molecule has 0 radical (unpaired) electrons. The molecular formula is C28H30N4O4. The Bertz CT molecular complexity index is 1390. The zero-order valence-electron chi connectivity index (χ0n) is 20.7. The number of aryl methyl sites for hydroxylation is 1. The lowest BCUT2D eigenvalue weighted by Crippen LogP contribution is -2.24. The van der Waals surface area contributed by atoms with Crippen LogP contribution in [0.3, 0.4) is 0 Å². The van der Waals surface area contributed by atoms with E-state index in [0.29, 0.717) is 30.9 Å². The summed E-state index contributed by atoms with van der Waals surface area (Å²) in [5.74, 6) is 0.541. The van der Waals surface area contributed by atoms with E-state index in [1.54, 1.807) is 48.0 Å². The molecule has 0 saturated heterocycles. The molecule has 0 bridgehead atoms. The molecule has 0 atom stereocenters. The molecule has 0 unspecified atom stereocenters. The van der Waals surface area contributed by atoms with Crippen LogP contribution in [0.2, 0.25) is 0 Å². The molecule has 0 saturated carbocycles. The fraction of sp³-hybridized carbons (Fsp3) is 0.250. The lowest BCUT2D eigenvalue weighted by atomic mass is 10.1. The monoisotopic (exact) mass is 486 g/mol. The van der Waals surface area contributed by atoms with Crippen molar-refractivity contribution in [2.45, 2.75) is 33.2 Å². The molecule has 0 spiro atoms. The summed E-state index contributed by atoms with van der Waals surface area (Å²) >= 11 is 0. The Balaban J connectivity index is 1.44. The number of ether oxygens (including phenoxy) is 2. The molecule has 2 aromatic carbocycles. The molecule has 2 heterocycles. The number of aromatic nitrogens is 3. The van der Waals surface area contributed by atoms with Crippen LogP contribution in [0, 0.1) is 6.92 Å². The summed E-state index contributed by atoms with van der Waals surface area (Å²) in [6.45, 7) is 3.63. The molecule has 2 aromatic heterocycles. The molecule has 36 heavy (non-hydrogen) atoms. The normalized spacial score (nSPS) is 10.9. The molecule has 1 amide bonds. The molecule has 0 aliphatic carbocycles. The summed E-state index contributed by atoms with van der Waals surface area (Å²) in [5.41, 5.74) is 5.15. The molecule has 8 nitrogen and oxygen atoms in total. The van der Waals surface area contributed by atoms with Crippen LogP contribution in [-0.2, 0) is 31.0 Å². The third-order valence-electron chi connectivity index (χ3n) is 5.98. The number of hydrogen-bond donors (Lipinski definition) is 1. The van der Waals surface area contributed by atoms with Crippen molar-refractivity contribution in [2.24, 2.45) is 0 Å². The highest BCUT2D eigenvalue weighted by molar-refractivity contribution is 5.95. The third kappa shape index (κ3) is 6.09. The Morgan fingerprint density at radius 3 is 2.44 bits per heavy atom. The SMILES string of the molecule is COCc1nn(Cc2ccc(Cn3ccccc3=O)cc2)cc1C(=O)NCc1cc(OC)ccc1C. The van der Waals surface area contributed by atoms with Crippen molar-refractivity contribution >= 4 is 5.91 Å². The van der Waals surface area contributed by atoms with Crippen molar-refractivity contribution < 1.29 is 14.3 Å². The van der Waals surface area contributed by atoms with Gasteiger partial charge in [-0.15, -0.1) is 0 Å². The average molecular weight is 487 g/mol. The number of benzene rings is 2. The Kier molecular flexibility index (Phi) is 7.97. The number of carbonyl (C=O) groups excluding carboxylic acids is 1. The predicted octanol–water partition coefficient (Wildman–Crippen LogP) is 3.53. The molecule has 4 aromatic rings. The van der Waals surface area contributed by atoms with E-state index in [0.717, 1.165) is 28.0 Å². The first-order chi connectivity index (χ1) is 17.5. The number of hydrogen-bond acceptors (Lipinski definition) is 5. The van der Waals surface area contributed by atoms with E-state index >= 15 is 0 Å². The molecule has 0 fully saturated rings. The van der Waals surface area contributed by atoms with E-state index < -0.39 is 0 Å². The van der Waals surface area contributed by atoms with Gasteiger partial charge < -0.3 is 19.4 Å². The largest absolute Gasteiger partial charge is 0.497 e. The van der Waals surface area contributed by atoms with Crippen LogP contribution in [0.5, 0.6) is 5.75 Å². The molecule has 1 N–H and O–H groups in total. The fourth-order valence-corrected chi connectivity index (χ4v) is 3.94. The molecular weight excluding hydrogens is 456 g/mol. The maximum absolute atomic E-state index is 13.0. The Hall–Kier alpha value is -4.17. The number of rotatable bonds is 10. The lowest BCUT2D eigenvalue weighted by Gasteiger charge is -2.10. The highest BCUT2D eigenvalue weighted by Gasteiger charge is 2.17. The first kappa shape index (κ1) is 24.9. The van der Waals surface area contributed by atoms with Crippen LogP contribution in [0.1, 0.15) is 38.3 Å². The van der Waals surface area contributed by atoms with Crippen LogP contribution in [0.4, 0.5) is 0 Å². The van der Waals surface area contributed by atoms with Crippen molar-refractivity contribution in [3.8, 4) is 5.75 Å². The summed E-state index contributed by atoms with van der Waals surface area (Å²) < 4.78 is 14.0. The van der Waals surface area contributed by atoms with Gasteiger partial charge in [-0.05, 0) is 47.4 Å². The van der Waals surface area contributed by atoms with Crippen molar-refractivity contribution in [2.75, 3.05) is 14.2 Å². The molecule has 186 valence electrons. The highest BCUT2D eigenvalue weighted by Crippen LogP contribution is 2.18. The third-order valence-corrected chi connectivity index (χ3v) is 5.98. The van der Waals surface area contributed by atoms with Gasteiger partial charge in [0.1, 0.15) is 11.4 Å². The summed E-state index contributed by atoms with van der Waals surface area (Å²) in [5, 5.41) is 7.57. The smallest absolute Gasteiger partial charge is 0.255 e. The zero-order chi connectivity index (χ0) is 25.5. The van der Waals surface area contributed by atoms with E-state index in [1.165, 1.54) is 0 Å². The van der Waals surface area contributed by atoms with Gasteiger partial charge in [0, 0.05) is 32.1 Å². The van der Waals surface area contributed by atoms with E-state index in [9.17, 15) is 9.59 Å². The molecule has 0 aliphatic heterocycles. The highest BCUT2D eigenvalue weighted by atomic mass is 16.5. The minimum atomic E-state index is -0.209. The van der Waals surface area contributed by atoms with Gasteiger partial charge in [0.15, 0.2) is 0 Å². The number of nitrogens with one attached hydrogen (secondary N) is 1. The number of methoxy groups -OCH3 is 2. The van der Waals surface area contributed by atoms with E-state index in [4.69, 9.17) is 9.47 Å². The number of amides is 1. The van der Waals surface area contributed by atoms with Gasteiger partial charge in [-0.3, -0.25) is 14.3 Å². The second kappa shape index (κ2) is 11.5. The first-order valence-corrected chi connectivity index (χ1v) is 11.7. The van der Waals surface area contributed by atoms with E-state index in [1.807, 2.05) is 55.5 Å². The topological polar surface area (TPSA) is 87.4 Å². The Morgan fingerprint density at radius 1 is 1.00 bits per heavy atom. The summed E-state index contributed by atoms with van der Waals surface area (Å²) in [7, 11) is 3.20.